The van der Waals surface area contributed by atoms with E-state index in [0.29, 0.717) is 35.2 Å². The maximum absolute atomic E-state index is 12.9. The van der Waals surface area contributed by atoms with Crippen molar-refractivity contribution in [3.8, 4) is 28.7 Å². The topological polar surface area (TPSA) is 63.2 Å². The summed E-state index contributed by atoms with van der Waals surface area (Å²) < 4.78 is 32.7. The monoisotopic (exact) mass is 975 g/mol. The van der Waals surface area contributed by atoms with Crippen molar-refractivity contribution in [2.45, 2.75) is 155 Å². The Labute approximate surface area is 421 Å². The van der Waals surface area contributed by atoms with Crippen molar-refractivity contribution in [2.75, 3.05) is 6.66 Å². The first-order chi connectivity index (χ1) is 32.8. The van der Waals surface area contributed by atoms with Crippen LogP contribution in [0.4, 0.5) is 0 Å². The third-order valence-electron chi connectivity index (χ3n) is 10.9. The van der Waals surface area contributed by atoms with Crippen molar-refractivity contribution in [3.63, 3.8) is 0 Å². The molecule has 0 fully saturated rings. The standard InChI is InChI=1S/C46H54O6P2.C11H18.2C2H6/c1-29(2)38-21-18-32(7)24-44(38)49-53(11)48-42-16-12-14-36(35(42)10)27-37-15-13-17-43(41(37)28-47)50-54(51-45-25-33(8)19-22-39(45)30(3)4)52-46-26-34(9)20-23-40(46)31(5)6;1-6-11(10(4)5)8-7-9(2)3;2*1-2/h12-26,28-31H,27H2,1-11H3;7-8H,4,6H2,1-3,5H3;2*1-2H3/b;11-8-;;. The van der Waals surface area contributed by atoms with Crippen molar-refractivity contribution in [1.29, 1.82) is 0 Å². The summed E-state index contributed by atoms with van der Waals surface area (Å²) in [6.07, 6.45) is 6.71. The molecule has 5 aromatic carbocycles. The van der Waals surface area contributed by atoms with Crippen molar-refractivity contribution < 1.29 is 27.4 Å². The molecule has 0 saturated heterocycles. The second-order valence-electron chi connectivity index (χ2n) is 17.9. The zero-order valence-corrected chi connectivity index (χ0v) is 47.4. The van der Waals surface area contributed by atoms with Gasteiger partial charge < -0.3 is 22.6 Å². The van der Waals surface area contributed by atoms with Crippen molar-refractivity contribution in [1.82, 2.24) is 0 Å². The number of allylic oxidation sites excluding steroid dienone is 5. The molecule has 69 heavy (non-hydrogen) atoms. The fourth-order valence-electron chi connectivity index (χ4n) is 7.13. The molecule has 0 amide bonds. The lowest BCUT2D eigenvalue weighted by atomic mass is 9.96. The highest BCUT2D eigenvalue weighted by molar-refractivity contribution is 7.47. The number of carbonyl (C=O) groups is 1. The molecule has 1 atom stereocenters. The molecule has 0 spiro atoms. The highest BCUT2D eigenvalue weighted by atomic mass is 31.2. The summed E-state index contributed by atoms with van der Waals surface area (Å²) in [6.45, 7) is 43.3. The number of hydrogen-bond donors (Lipinski definition) is 0. The number of carbonyl (C=O) groups excluding carboxylic acids is 1. The predicted molar refractivity (Wildman–Crippen MR) is 300 cm³/mol. The molecular weight excluding hydrogens is 891 g/mol. The molecule has 0 aliphatic heterocycles. The molecule has 6 nitrogen and oxygen atoms in total. The fraction of sp³-hybridized carbons (Fsp3) is 0.393. The summed E-state index contributed by atoms with van der Waals surface area (Å²) in [4.78, 5) is 12.9. The molecule has 0 aliphatic carbocycles. The van der Waals surface area contributed by atoms with E-state index in [9.17, 15) is 4.79 Å². The number of aldehydes is 1. The summed E-state index contributed by atoms with van der Waals surface area (Å²) in [6, 6.07) is 30.4. The van der Waals surface area contributed by atoms with Crippen LogP contribution in [0.2, 0.25) is 0 Å². The lowest BCUT2D eigenvalue weighted by Crippen LogP contribution is -2.08. The first kappa shape index (κ1) is 60.0. The molecular formula is C61H84O6P2. The van der Waals surface area contributed by atoms with E-state index < -0.39 is 17.0 Å². The number of benzene rings is 5. The molecule has 0 saturated carbocycles. The molecule has 1 unspecified atom stereocenters. The number of aryl methyl sites for hydroxylation is 3. The van der Waals surface area contributed by atoms with Gasteiger partial charge in [-0.15, -0.1) is 0 Å². The second kappa shape index (κ2) is 30.5. The van der Waals surface area contributed by atoms with E-state index >= 15 is 0 Å². The summed E-state index contributed by atoms with van der Waals surface area (Å²) >= 11 is 0. The van der Waals surface area contributed by atoms with E-state index in [2.05, 4.69) is 136 Å². The minimum Gasteiger partial charge on any atom is -0.438 e. The highest BCUT2D eigenvalue weighted by Crippen LogP contribution is 2.48. The number of rotatable bonds is 19. The summed E-state index contributed by atoms with van der Waals surface area (Å²) in [5, 5.41) is 0. The molecule has 5 rings (SSSR count). The Bertz CT molecular complexity index is 2400. The Kier molecular flexibility index (Phi) is 26.5. The third kappa shape index (κ3) is 18.9. The normalized spacial score (nSPS) is 11.3. The van der Waals surface area contributed by atoms with E-state index in [1.54, 1.807) is 6.07 Å². The first-order valence-corrected chi connectivity index (χ1v) is 27.4. The summed E-state index contributed by atoms with van der Waals surface area (Å²) in [7, 11) is -3.29. The summed E-state index contributed by atoms with van der Waals surface area (Å²) in [5.41, 5.74) is 13.7. The van der Waals surface area contributed by atoms with Gasteiger partial charge in [0.05, 0.1) is 5.56 Å². The minimum absolute atomic E-state index is 0.218. The molecule has 0 bridgehead atoms. The third-order valence-corrected chi connectivity index (χ3v) is 12.9. The highest BCUT2D eigenvalue weighted by Gasteiger charge is 2.26. The van der Waals surface area contributed by atoms with Crippen LogP contribution in [0.3, 0.4) is 0 Å². The Morgan fingerprint density at radius 2 is 0.971 bits per heavy atom. The van der Waals surface area contributed by atoms with Gasteiger partial charge in [-0.3, -0.25) is 4.79 Å². The van der Waals surface area contributed by atoms with Crippen molar-refractivity contribution in [2.24, 2.45) is 0 Å². The van der Waals surface area contributed by atoms with E-state index in [1.807, 2.05) is 98.5 Å². The van der Waals surface area contributed by atoms with Crippen molar-refractivity contribution in [3.05, 3.63) is 182 Å². The van der Waals surface area contributed by atoms with Crippen LogP contribution in [0.15, 0.2) is 126 Å². The lowest BCUT2D eigenvalue weighted by molar-refractivity contribution is 0.112. The quantitative estimate of drug-likeness (QED) is 0.0467. The van der Waals surface area contributed by atoms with Gasteiger partial charge >= 0.3 is 8.60 Å². The van der Waals surface area contributed by atoms with Crippen LogP contribution in [0.5, 0.6) is 28.7 Å². The van der Waals surface area contributed by atoms with Crippen molar-refractivity contribution >= 4 is 23.3 Å². The van der Waals surface area contributed by atoms with Gasteiger partial charge in [0.25, 0.3) is 8.38 Å². The Hall–Kier alpha value is -5.15. The zero-order valence-electron chi connectivity index (χ0n) is 45.6. The first-order valence-electron chi connectivity index (χ1n) is 24.7. The SMILES string of the molecule is C=C(C)/C(=C\C=C(C)C)CC.CC.CC.Cc1ccc(C(C)C)c(OP(C)Oc2cccc(Cc3cccc(OP(Oc4cc(C)ccc4C(C)C)Oc4cc(C)ccc4C(C)C)c3C=O)c2C)c1. The fourth-order valence-corrected chi connectivity index (χ4v) is 9.14. The van der Waals surface area contributed by atoms with Crippen LogP contribution in [0, 0.1) is 27.7 Å². The van der Waals surface area contributed by atoms with E-state index in [0.717, 1.165) is 74.3 Å². The van der Waals surface area contributed by atoms with Gasteiger partial charge in [-0.2, -0.15) is 0 Å². The Balaban J connectivity index is 0.000000949. The van der Waals surface area contributed by atoms with Crippen LogP contribution in [-0.2, 0) is 6.42 Å². The minimum atomic E-state index is -2.03. The Morgan fingerprint density at radius 1 is 0.565 bits per heavy atom. The molecule has 0 heterocycles. The average Bonchev–Trinajstić information content (AvgIpc) is 3.29. The van der Waals surface area contributed by atoms with Crippen LogP contribution in [-0.4, -0.2) is 13.0 Å². The lowest BCUT2D eigenvalue weighted by Gasteiger charge is -2.23. The molecule has 0 aromatic heterocycles. The number of hydrogen-bond acceptors (Lipinski definition) is 6. The molecule has 5 aromatic rings. The van der Waals surface area contributed by atoms with Gasteiger partial charge in [0.15, 0.2) is 6.29 Å². The van der Waals surface area contributed by atoms with Gasteiger partial charge in [0.2, 0.25) is 0 Å². The molecule has 0 aliphatic rings. The maximum Gasteiger partial charge on any atom is 0.530 e. The largest absolute Gasteiger partial charge is 0.530 e. The van der Waals surface area contributed by atoms with Crippen LogP contribution in [0.1, 0.15) is 182 Å². The molecule has 374 valence electrons. The average molecular weight is 975 g/mol. The van der Waals surface area contributed by atoms with Crippen LogP contribution in [0.25, 0.3) is 0 Å². The van der Waals surface area contributed by atoms with Gasteiger partial charge in [-0.05, 0) is 165 Å². The van der Waals surface area contributed by atoms with E-state index in [-0.39, 0.29) is 11.8 Å². The van der Waals surface area contributed by atoms with Gasteiger partial charge in [-0.1, -0.05) is 167 Å². The zero-order chi connectivity index (χ0) is 52.0. The maximum atomic E-state index is 12.9. The van der Waals surface area contributed by atoms with E-state index in [1.165, 1.54) is 16.7 Å². The second-order valence-corrected chi connectivity index (χ2v) is 20.2. The van der Waals surface area contributed by atoms with Gasteiger partial charge in [0, 0.05) is 6.66 Å². The molecule has 8 heteroatoms. The van der Waals surface area contributed by atoms with Crippen LogP contribution < -0.4 is 22.6 Å². The van der Waals surface area contributed by atoms with Gasteiger partial charge in [0.1, 0.15) is 28.7 Å². The van der Waals surface area contributed by atoms with E-state index in [4.69, 9.17) is 22.6 Å². The smallest absolute Gasteiger partial charge is 0.438 e. The Morgan fingerprint density at radius 3 is 1.38 bits per heavy atom. The van der Waals surface area contributed by atoms with Crippen LogP contribution >= 0.6 is 17.0 Å². The molecule has 0 N–H and O–H groups in total. The van der Waals surface area contributed by atoms with Gasteiger partial charge in [-0.25, -0.2) is 0 Å². The predicted octanol–water partition coefficient (Wildman–Crippen LogP) is 19.8. The molecule has 0 radical (unpaired) electrons. The summed E-state index contributed by atoms with van der Waals surface area (Å²) in [5.74, 6) is 4.19.